The molecule has 1 aromatic rings. The number of carbonyl (C=O) groups excluding carboxylic acids is 1. The Labute approximate surface area is 142 Å². The summed E-state index contributed by atoms with van der Waals surface area (Å²) in [5, 5.41) is 1.19. The van der Waals surface area contributed by atoms with Gasteiger partial charge >= 0.3 is 0 Å². The Morgan fingerprint density at radius 2 is 1.86 bits per heavy atom. The summed E-state index contributed by atoms with van der Waals surface area (Å²) >= 11 is 12.1. The van der Waals surface area contributed by atoms with E-state index in [0.29, 0.717) is 16.0 Å². The van der Waals surface area contributed by atoms with Crippen molar-refractivity contribution in [2.75, 3.05) is 26.2 Å². The van der Waals surface area contributed by atoms with Crippen LogP contribution in [0.15, 0.2) is 18.2 Å². The lowest BCUT2D eigenvalue weighted by molar-refractivity contribution is -0.136. The molecule has 2 fully saturated rings. The average Bonchev–Trinajstić information content (AvgIpc) is 3.05. The molecule has 3 nitrogen and oxygen atoms in total. The second-order valence-electron chi connectivity index (χ2n) is 6.36. The SMILES string of the molecule is O=C(C1CCCN(Cc2ccc(Cl)c(Cl)c2)C1)N1CCCC1. The number of benzene rings is 1. The molecule has 120 valence electrons. The molecule has 1 atom stereocenters. The van der Waals surface area contributed by atoms with Crippen LogP contribution in [0.1, 0.15) is 31.2 Å². The molecular weight excluding hydrogens is 319 g/mol. The van der Waals surface area contributed by atoms with Gasteiger partial charge in [0, 0.05) is 26.2 Å². The highest BCUT2D eigenvalue weighted by molar-refractivity contribution is 6.42. The third kappa shape index (κ3) is 3.76. The van der Waals surface area contributed by atoms with E-state index in [-0.39, 0.29) is 5.92 Å². The van der Waals surface area contributed by atoms with Crippen LogP contribution in [-0.2, 0) is 11.3 Å². The van der Waals surface area contributed by atoms with Gasteiger partial charge in [-0.05, 0) is 49.9 Å². The monoisotopic (exact) mass is 340 g/mol. The van der Waals surface area contributed by atoms with Crippen LogP contribution in [-0.4, -0.2) is 41.9 Å². The molecule has 0 N–H and O–H groups in total. The van der Waals surface area contributed by atoms with Crippen LogP contribution in [0.4, 0.5) is 0 Å². The molecule has 2 aliphatic rings. The Morgan fingerprint density at radius 1 is 1.09 bits per heavy atom. The van der Waals surface area contributed by atoms with Gasteiger partial charge in [-0.3, -0.25) is 9.69 Å². The van der Waals surface area contributed by atoms with Crippen LogP contribution in [0.5, 0.6) is 0 Å². The van der Waals surface area contributed by atoms with Gasteiger partial charge in [0.25, 0.3) is 0 Å². The molecule has 0 spiro atoms. The van der Waals surface area contributed by atoms with Crippen molar-refractivity contribution in [1.82, 2.24) is 9.80 Å². The maximum absolute atomic E-state index is 12.6. The van der Waals surface area contributed by atoms with E-state index in [1.165, 1.54) is 0 Å². The number of halogens is 2. The Hall–Kier alpha value is -0.770. The van der Waals surface area contributed by atoms with Gasteiger partial charge in [0.2, 0.25) is 5.91 Å². The van der Waals surface area contributed by atoms with Crippen molar-refractivity contribution >= 4 is 29.1 Å². The maximum Gasteiger partial charge on any atom is 0.226 e. The van der Waals surface area contributed by atoms with Gasteiger partial charge < -0.3 is 4.90 Å². The molecule has 0 aliphatic carbocycles. The minimum absolute atomic E-state index is 0.162. The van der Waals surface area contributed by atoms with E-state index < -0.39 is 0 Å². The molecule has 2 aliphatic heterocycles. The average molecular weight is 341 g/mol. The van der Waals surface area contributed by atoms with E-state index in [9.17, 15) is 4.79 Å². The lowest BCUT2D eigenvalue weighted by atomic mass is 9.96. The van der Waals surface area contributed by atoms with E-state index in [1.807, 2.05) is 23.1 Å². The van der Waals surface area contributed by atoms with Crippen molar-refractivity contribution in [3.63, 3.8) is 0 Å². The molecule has 0 aromatic heterocycles. The number of rotatable bonds is 3. The van der Waals surface area contributed by atoms with Crippen LogP contribution in [0.25, 0.3) is 0 Å². The van der Waals surface area contributed by atoms with Crippen LogP contribution >= 0.6 is 23.2 Å². The number of nitrogens with zero attached hydrogens (tertiary/aromatic N) is 2. The zero-order chi connectivity index (χ0) is 15.5. The highest BCUT2D eigenvalue weighted by atomic mass is 35.5. The molecule has 22 heavy (non-hydrogen) atoms. The summed E-state index contributed by atoms with van der Waals surface area (Å²) in [7, 11) is 0. The highest BCUT2D eigenvalue weighted by Gasteiger charge is 2.30. The van der Waals surface area contributed by atoms with Crippen molar-refractivity contribution in [2.45, 2.75) is 32.2 Å². The predicted octanol–water partition coefficient (Wildman–Crippen LogP) is 3.83. The first-order chi connectivity index (χ1) is 10.6. The van der Waals surface area contributed by atoms with Gasteiger partial charge in [-0.2, -0.15) is 0 Å². The second-order valence-corrected chi connectivity index (χ2v) is 7.17. The molecule has 1 amide bonds. The van der Waals surface area contributed by atoms with E-state index in [4.69, 9.17) is 23.2 Å². The summed E-state index contributed by atoms with van der Waals surface area (Å²) in [6.45, 7) is 4.63. The fourth-order valence-electron chi connectivity index (χ4n) is 3.49. The topological polar surface area (TPSA) is 23.6 Å². The summed E-state index contributed by atoms with van der Waals surface area (Å²) in [4.78, 5) is 17.0. The summed E-state index contributed by atoms with van der Waals surface area (Å²) in [6.07, 6.45) is 4.43. The summed E-state index contributed by atoms with van der Waals surface area (Å²) in [5.74, 6) is 0.519. The largest absolute Gasteiger partial charge is 0.342 e. The third-order valence-electron chi connectivity index (χ3n) is 4.66. The normalized spacial score (nSPS) is 23.0. The lowest BCUT2D eigenvalue weighted by Crippen LogP contribution is -2.43. The molecular formula is C17H22Cl2N2O. The highest BCUT2D eigenvalue weighted by Crippen LogP contribution is 2.26. The zero-order valence-electron chi connectivity index (χ0n) is 12.7. The van der Waals surface area contributed by atoms with E-state index in [2.05, 4.69) is 4.90 Å². The summed E-state index contributed by atoms with van der Waals surface area (Å²) < 4.78 is 0. The molecule has 1 aromatic carbocycles. The number of amides is 1. The van der Waals surface area contributed by atoms with Crippen LogP contribution in [0, 0.1) is 5.92 Å². The molecule has 2 saturated heterocycles. The van der Waals surface area contributed by atoms with Gasteiger partial charge in [-0.1, -0.05) is 29.3 Å². The first-order valence-electron chi connectivity index (χ1n) is 8.08. The van der Waals surface area contributed by atoms with Crippen molar-refractivity contribution in [3.8, 4) is 0 Å². The number of hydrogen-bond donors (Lipinski definition) is 0. The maximum atomic E-state index is 12.6. The minimum Gasteiger partial charge on any atom is -0.342 e. The fourth-order valence-corrected chi connectivity index (χ4v) is 3.81. The molecule has 5 heteroatoms. The van der Waals surface area contributed by atoms with Crippen LogP contribution < -0.4 is 0 Å². The number of likely N-dealkylation sites (tertiary alicyclic amines) is 2. The van der Waals surface area contributed by atoms with Gasteiger partial charge in [0.15, 0.2) is 0 Å². The molecule has 0 saturated carbocycles. The quantitative estimate of drug-likeness (QED) is 0.834. The fraction of sp³-hybridized carbons (Fsp3) is 0.588. The zero-order valence-corrected chi connectivity index (χ0v) is 14.2. The predicted molar refractivity (Wildman–Crippen MR) is 90.3 cm³/mol. The molecule has 2 heterocycles. The van der Waals surface area contributed by atoms with E-state index in [1.54, 1.807) is 0 Å². The molecule has 0 bridgehead atoms. The molecule has 3 rings (SSSR count). The Balaban J connectivity index is 1.60. The van der Waals surface area contributed by atoms with E-state index >= 15 is 0 Å². The smallest absolute Gasteiger partial charge is 0.226 e. The van der Waals surface area contributed by atoms with Gasteiger partial charge in [0.1, 0.15) is 0 Å². The number of piperidine rings is 1. The Morgan fingerprint density at radius 3 is 2.59 bits per heavy atom. The van der Waals surface area contributed by atoms with Gasteiger partial charge in [0.05, 0.1) is 16.0 Å². The number of hydrogen-bond acceptors (Lipinski definition) is 2. The standard InChI is InChI=1S/C17H22Cl2N2O/c18-15-6-5-13(10-16(15)19)11-20-7-3-4-14(12-20)17(22)21-8-1-2-9-21/h5-6,10,14H,1-4,7-9,11-12H2. The third-order valence-corrected chi connectivity index (χ3v) is 5.40. The van der Waals surface area contributed by atoms with Gasteiger partial charge in [-0.25, -0.2) is 0 Å². The van der Waals surface area contributed by atoms with Crippen molar-refractivity contribution in [2.24, 2.45) is 5.92 Å². The van der Waals surface area contributed by atoms with Crippen LogP contribution in [0.2, 0.25) is 10.0 Å². The molecule has 1 unspecified atom stereocenters. The first-order valence-corrected chi connectivity index (χ1v) is 8.84. The van der Waals surface area contributed by atoms with Crippen molar-refractivity contribution in [3.05, 3.63) is 33.8 Å². The van der Waals surface area contributed by atoms with Crippen LogP contribution in [0.3, 0.4) is 0 Å². The van der Waals surface area contributed by atoms with Crippen molar-refractivity contribution in [1.29, 1.82) is 0 Å². The molecule has 0 radical (unpaired) electrons. The summed E-state index contributed by atoms with van der Waals surface area (Å²) in [5.41, 5.74) is 1.16. The lowest BCUT2D eigenvalue weighted by Gasteiger charge is -2.34. The summed E-state index contributed by atoms with van der Waals surface area (Å²) in [6, 6.07) is 5.78. The number of carbonyl (C=O) groups is 1. The first kappa shape index (κ1) is 16.1. The minimum atomic E-state index is 0.162. The van der Waals surface area contributed by atoms with Gasteiger partial charge in [-0.15, -0.1) is 0 Å². The Kier molecular flexibility index (Phi) is 5.27. The Bertz CT molecular complexity index is 543. The van der Waals surface area contributed by atoms with E-state index in [0.717, 1.165) is 64.0 Å². The second kappa shape index (κ2) is 7.20. The van der Waals surface area contributed by atoms with Crippen molar-refractivity contribution < 1.29 is 4.79 Å².